The highest BCUT2D eigenvalue weighted by molar-refractivity contribution is 6.70. The van der Waals surface area contributed by atoms with Crippen LogP contribution in [0.25, 0.3) is 0 Å². The van der Waals surface area contributed by atoms with Crippen LogP contribution in [0.15, 0.2) is 12.2 Å². The van der Waals surface area contributed by atoms with Gasteiger partial charge in [-0.25, -0.2) is 0 Å². The van der Waals surface area contributed by atoms with E-state index in [4.69, 9.17) is 8.85 Å². The van der Waals surface area contributed by atoms with Gasteiger partial charge in [0, 0.05) is 0 Å². The van der Waals surface area contributed by atoms with Gasteiger partial charge >= 0.3 is 0 Å². The topological polar surface area (TPSA) is 18.5 Å². The average molecular weight is 429 g/mol. The van der Waals surface area contributed by atoms with Crippen molar-refractivity contribution in [1.82, 2.24) is 0 Å². The summed E-state index contributed by atoms with van der Waals surface area (Å²) in [5, 5.41) is 0. The number of rotatable bonds is 18. The van der Waals surface area contributed by atoms with Gasteiger partial charge in [-0.05, 0) is 52.1 Å². The summed E-state index contributed by atoms with van der Waals surface area (Å²) >= 11 is 0. The standard InChI is InChI=1S/C24H52O2Si2/c1-9-11-13-14-15-16-17-18-20-24(26-28(6,7)8)22-21-23(19-12-10-2)25-27(3,4)5/h21-24H,9-20H2,1-8H3/b22-21+/t23-,24+/m1/s1. The second-order valence-corrected chi connectivity index (χ2v) is 19.2. The summed E-state index contributed by atoms with van der Waals surface area (Å²) in [5.41, 5.74) is 0. The van der Waals surface area contributed by atoms with Crippen LogP contribution in [0, 0.1) is 0 Å². The molecule has 0 fully saturated rings. The van der Waals surface area contributed by atoms with Crippen molar-refractivity contribution in [3.63, 3.8) is 0 Å². The SMILES string of the molecule is CCCCCCCCCC[C@@H](/C=C/[C@@H](CCCC)O[Si](C)(C)C)O[Si](C)(C)C. The van der Waals surface area contributed by atoms with Gasteiger partial charge in [0.25, 0.3) is 0 Å². The Kier molecular flexibility index (Phi) is 15.9. The van der Waals surface area contributed by atoms with Crippen molar-refractivity contribution in [2.75, 3.05) is 0 Å². The summed E-state index contributed by atoms with van der Waals surface area (Å²) in [4.78, 5) is 0. The summed E-state index contributed by atoms with van der Waals surface area (Å²) in [7, 11) is -3.06. The van der Waals surface area contributed by atoms with Crippen molar-refractivity contribution in [2.24, 2.45) is 0 Å². The monoisotopic (exact) mass is 428 g/mol. The van der Waals surface area contributed by atoms with Crippen LogP contribution in [-0.4, -0.2) is 28.8 Å². The van der Waals surface area contributed by atoms with Crippen LogP contribution in [0.4, 0.5) is 0 Å². The van der Waals surface area contributed by atoms with E-state index in [1.54, 1.807) is 0 Å². The van der Waals surface area contributed by atoms with Crippen LogP contribution in [0.5, 0.6) is 0 Å². The minimum absolute atomic E-state index is 0.262. The van der Waals surface area contributed by atoms with Crippen LogP contribution < -0.4 is 0 Å². The van der Waals surface area contributed by atoms with Gasteiger partial charge in [0.05, 0.1) is 12.2 Å². The second kappa shape index (κ2) is 15.9. The molecular weight excluding hydrogens is 376 g/mol. The van der Waals surface area contributed by atoms with E-state index in [1.807, 2.05) is 0 Å². The molecule has 0 saturated heterocycles. The minimum atomic E-state index is -1.54. The molecule has 0 aliphatic rings. The first-order chi connectivity index (χ1) is 13.1. The van der Waals surface area contributed by atoms with Crippen molar-refractivity contribution in [3.8, 4) is 0 Å². The zero-order chi connectivity index (χ0) is 21.5. The molecule has 2 atom stereocenters. The van der Waals surface area contributed by atoms with E-state index in [0.29, 0.717) is 0 Å². The van der Waals surface area contributed by atoms with Crippen molar-refractivity contribution in [2.45, 2.75) is 142 Å². The van der Waals surface area contributed by atoms with Gasteiger partial charge in [-0.2, -0.15) is 0 Å². The molecular formula is C24H52O2Si2. The molecule has 28 heavy (non-hydrogen) atoms. The van der Waals surface area contributed by atoms with Crippen LogP contribution in [-0.2, 0) is 8.85 Å². The minimum Gasteiger partial charge on any atom is -0.411 e. The molecule has 0 aromatic heterocycles. The lowest BCUT2D eigenvalue weighted by atomic mass is 10.0. The fraction of sp³-hybridized carbons (Fsp3) is 0.917. The maximum Gasteiger partial charge on any atom is 0.184 e. The molecule has 0 saturated carbocycles. The molecule has 0 spiro atoms. The van der Waals surface area contributed by atoms with Crippen LogP contribution >= 0.6 is 0 Å². The average Bonchev–Trinajstić information content (AvgIpc) is 2.56. The molecule has 0 aliphatic heterocycles. The van der Waals surface area contributed by atoms with Gasteiger partial charge in [-0.1, -0.05) is 90.2 Å². The van der Waals surface area contributed by atoms with Gasteiger partial charge in [-0.15, -0.1) is 0 Å². The normalized spacial score (nSPS) is 15.3. The molecule has 0 aromatic rings. The summed E-state index contributed by atoms with van der Waals surface area (Å²) in [6, 6.07) is 0. The van der Waals surface area contributed by atoms with Crippen molar-refractivity contribution in [3.05, 3.63) is 12.2 Å². The Morgan fingerprint density at radius 3 is 1.29 bits per heavy atom. The Hall–Kier alpha value is 0.0938. The summed E-state index contributed by atoms with van der Waals surface area (Å²) in [5.74, 6) is 0. The van der Waals surface area contributed by atoms with Crippen LogP contribution in [0.3, 0.4) is 0 Å². The van der Waals surface area contributed by atoms with Gasteiger partial charge in [-0.3, -0.25) is 0 Å². The lowest BCUT2D eigenvalue weighted by Gasteiger charge is -2.27. The third-order valence-corrected chi connectivity index (χ3v) is 6.75. The van der Waals surface area contributed by atoms with E-state index in [1.165, 1.54) is 64.2 Å². The fourth-order valence-corrected chi connectivity index (χ4v) is 5.64. The van der Waals surface area contributed by atoms with E-state index in [0.717, 1.165) is 12.8 Å². The third kappa shape index (κ3) is 19.4. The quantitative estimate of drug-likeness (QED) is 0.123. The highest BCUT2D eigenvalue weighted by atomic mass is 28.4. The smallest absolute Gasteiger partial charge is 0.184 e. The highest BCUT2D eigenvalue weighted by Gasteiger charge is 2.21. The molecule has 2 nitrogen and oxygen atoms in total. The summed E-state index contributed by atoms with van der Waals surface area (Å²) < 4.78 is 12.9. The summed E-state index contributed by atoms with van der Waals surface area (Å²) in [6.45, 7) is 18.3. The summed E-state index contributed by atoms with van der Waals surface area (Å²) in [6.07, 6.45) is 20.9. The van der Waals surface area contributed by atoms with E-state index in [9.17, 15) is 0 Å². The van der Waals surface area contributed by atoms with E-state index < -0.39 is 16.6 Å². The van der Waals surface area contributed by atoms with Crippen molar-refractivity contribution < 1.29 is 8.85 Å². The number of unbranched alkanes of at least 4 members (excludes halogenated alkanes) is 8. The Balaban J connectivity index is 4.56. The third-order valence-electron chi connectivity index (χ3n) is 4.73. The zero-order valence-electron chi connectivity index (χ0n) is 20.6. The second-order valence-electron chi connectivity index (χ2n) is 10.3. The molecule has 0 unspecified atom stereocenters. The highest BCUT2D eigenvalue weighted by Crippen LogP contribution is 2.19. The van der Waals surface area contributed by atoms with E-state index in [2.05, 4.69) is 65.3 Å². The molecule has 0 heterocycles. The van der Waals surface area contributed by atoms with E-state index in [-0.39, 0.29) is 12.2 Å². The van der Waals surface area contributed by atoms with Gasteiger partial charge in [0.2, 0.25) is 0 Å². The first-order valence-corrected chi connectivity index (χ1v) is 18.9. The van der Waals surface area contributed by atoms with Gasteiger partial charge in [0.15, 0.2) is 16.6 Å². The Bertz CT molecular complexity index is 383. The lowest BCUT2D eigenvalue weighted by Crippen LogP contribution is -2.33. The Morgan fingerprint density at radius 2 is 0.893 bits per heavy atom. The van der Waals surface area contributed by atoms with Gasteiger partial charge in [0.1, 0.15) is 0 Å². The van der Waals surface area contributed by atoms with Crippen molar-refractivity contribution >= 4 is 16.6 Å². The first-order valence-electron chi connectivity index (χ1n) is 12.1. The Labute approximate surface area is 180 Å². The molecule has 0 amide bonds. The molecule has 0 rings (SSSR count). The predicted octanol–water partition coefficient (Wildman–Crippen LogP) is 8.70. The van der Waals surface area contributed by atoms with Crippen LogP contribution in [0.1, 0.15) is 90.9 Å². The largest absolute Gasteiger partial charge is 0.411 e. The Morgan fingerprint density at radius 1 is 0.536 bits per heavy atom. The molecule has 0 aliphatic carbocycles. The number of hydrogen-bond donors (Lipinski definition) is 0. The maximum atomic E-state index is 6.49. The predicted molar refractivity (Wildman–Crippen MR) is 132 cm³/mol. The fourth-order valence-electron chi connectivity index (χ4n) is 3.43. The van der Waals surface area contributed by atoms with E-state index >= 15 is 0 Å². The number of hydrogen-bond acceptors (Lipinski definition) is 2. The zero-order valence-corrected chi connectivity index (χ0v) is 22.6. The van der Waals surface area contributed by atoms with Crippen LogP contribution in [0.2, 0.25) is 39.3 Å². The molecule has 0 N–H and O–H groups in total. The molecule has 0 radical (unpaired) electrons. The lowest BCUT2D eigenvalue weighted by molar-refractivity contribution is 0.211. The first kappa shape index (κ1) is 28.1. The van der Waals surface area contributed by atoms with Crippen molar-refractivity contribution in [1.29, 1.82) is 0 Å². The molecule has 0 bridgehead atoms. The molecule has 0 aromatic carbocycles. The van der Waals surface area contributed by atoms with Gasteiger partial charge < -0.3 is 8.85 Å². The molecule has 168 valence electrons. The maximum absolute atomic E-state index is 6.49. The molecule has 4 heteroatoms.